The van der Waals surface area contributed by atoms with Gasteiger partial charge < -0.3 is 5.32 Å². The Balaban J connectivity index is 0.00000342. The van der Waals surface area contributed by atoms with E-state index in [0.29, 0.717) is 49.1 Å². The zero-order valence-electron chi connectivity index (χ0n) is 20.1. The van der Waals surface area contributed by atoms with Crippen molar-refractivity contribution in [1.29, 1.82) is 0 Å². The van der Waals surface area contributed by atoms with Crippen molar-refractivity contribution >= 4 is 39.9 Å². The normalized spacial score (nSPS) is 22.9. The molecule has 0 unspecified atom stereocenters. The van der Waals surface area contributed by atoms with Crippen LogP contribution in [0.5, 0.6) is 0 Å². The first-order chi connectivity index (χ1) is 16.1. The van der Waals surface area contributed by atoms with Crippen LogP contribution in [0.3, 0.4) is 0 Å². The second kappa shape index (κ2) is 11.2. The Hall–Kier alpha value is -1.00. The van der Waals surface area contributed by atoms with Crippen LogP contribution in [0.2, 0.25) is 5.02 Å². The largest absolute Gasteiger partial charge is 0.350 e. The molecule has 2 saturated carbocycles. The number of halogens is 4. The Kier molecular flexibility index (Phi) is 9.12. The summed E-state index contributed by atoms with van der Waals surface area (Å²) in [4.78, 5) is 15.3. The molecule has 3 aliphatic rings. The van der Waals surface area contributed by atoms with Gasteiger partial charge in [-0.15, -0.1) is 12.4 Å². The van der Waals surface area contributed by atoms with Crippen molar-refractivity contribution in [2.75, 3.05) is 38.5 Å². The maximum Gasteiger partial charge on any atom is 0.251 e. The van der Waals surface area contributed by atoms with Crippen molar-refractivity contribution in [3.05, 3.63) is 34.3 Å². The molecule has 1 aromatic rings. The molecule has 1 saturated heterocycles. The Bertz CT molecular complexity index is 1000. The molecule has 35 heavy (non-hydrogen) atoms. The third kappa shape index (κ3) is 6.66. The van der Waals surface area contributed by atoms with Crippen LogP contribution in [0.1, 0.15) is 73.7 Å². The number of hydrogen-bond acceptors (Lipinski definition) is 4. The maximum atomic E-state index is 14.1. The van der Waals surface area contributed by atoms with Gasteiger partial charge in [0.15, 0.2) is 0 Å². The zero-order chi connectivity index (χ0) is 24.6. The molecule has 0 atom stereocenters. The second-order valence-electron chi connectivity index (χ2n) is 9.97. The Morgan fingerprint density at radius 2 is 1.74 bits per heavy atom. The molecule has 1 N–H and O–H groups in total. The van der Waals surface area contributed by atoms with Gasteiger partial charge in [-0.1, -0.05) is 18.5 Å². The van der Waals surface area contributed by atoms with Crippen molar-refractivity contribution in [3.63, 3.8) is 0 Å². The van der Waals surface area contributed by atoms with Crippen molar-refractivity contribution in [1.82, 2.24) is 14.5 Å². The summed E-state index contributed by atoms with van der Waals surface area (Å²) in [6, 6.07) is 5.29. The average Bonchev–Trinajstić information content (AvgIpc) is 3.64. The van der Waals surface area contributed by atoms with E-state index < -0.39 is 21.5 Å². The Morgan fingerprint density at radius 1 is 1.11 bits per heavy atom. The van der Waals surface area contributed by atoms with E-state index in [1.807, 2.05) is 13.0 Å². The lowest BCUT2D eigenvalue weighted by molar-refractivity contribution is -0.0856. The van der Waals surface area contributed by atoms with Crippen LogP contribution in [0.4, 0.5) is 8.78 Å². The molecule has 0 bridgehead atoms. The zero-order valence-corrected chi connectivity index (χ0v) is 22.5. The first-order valence-corrected chi connectivity index (χ1v) is 14.2. The highest BCUT2D eigenvalue weighted by molar-refractivity contribution is 7.89. The molecule has 198 valence electrons. The fourth-order valence-electron chi connectivity index (χ4n) is 5.33. The minimum atomic E-state index is -3.29. The van der Waals surface area contributed by atoms with Crippen molar-refractivity contribution in [3.8, 4) is 0 Å². The van der Waals surface area contributed by atoms with Crippen LogP contribution >= 0.6 is 24.0 Å². The van der Waals surface area contributed by atoms with E-state index in [4.69, 9.17) is 11.6 Å². The van der Waals surface area contributed by atoms with Gasteiger partial charge in [0.1, 0.15) is 0 Å². The summed E-state index contributed by atoms with van der Waals surface area (Å²) in [6.07, 6.45) is 2.68. The molecule has 2 aliphatic carbocycles. The number of sulfonamides is 1. The molecule has 0 radical (unpaired) electrons. The predicted molar refractivity (Wildman–Crippen MR) is 136 cm³/mol. The molecule has 0 spiro atoms. The van der Waals surface area contributed by atoms with E-state index in [2.05, 4.69) is 10.2 Å². The van der Waals surface area contributed by atoms with Crippen LogP contribution in [0, 0.1) is 0 Å². The molecule has 1 aromatic carbocycles. The van der Waals surface area contributed by atoms with E-state index in [9.17, 15) is 22.0 Å². The van der Waals surface area contributed by atoms with Crippen LogP contribution in [-0.2, 0) is 10.0 Å². The number of rotatable bonds is 8. The SMILES string of the molecule is CCCS(=O)(=O)N1CCN(C2(CNC(=O)c3ccc(Cl)cc3C3CC3)CCC(F)(F)CC2)CC1.Cl. The quantitative estimate of drug-likeness (QED) is 0.507. The molecule has 3 fully saturated rings. The Morgan fingerprint density at radius 3 is 2.31 bits per heavy atom. The second-order valence-corrected chi connectivity index (χ2v) is 12.5. The summed E-state index contributed by atoms with van der Waals surface area (Å²) in [6.45, 7) is 3.73. The summed E-state index contributed by atoms with van der Waals surface area (Å²) >= 11 is 6.15. The lowest BCUT2D eigenvalue weighted by Crippen LogP contribution is -2.63. The molecule has 6 nitrogen and oxygen atoms in total. The molecule has 1 heterocycles. The van der Waals surface area contributed by atoms with Gasteiger partial charge in [0.25, 0.3) is 5.91 Å². The topological polar surface area (TPSA) is 69.7 Å². The number of hydrogen-bond donors (Lipinski definition) is 1. The summed E-state index contributed by atoms with van der Waals surface area (Å²) in [5.74, 6) is -2.45. The van der Waals surface area contributed by atoms with Gasteiger partial charge in [-0.3, -0.25) is 9.69 Å². The van der Waals surface area contributed by atoms with Gasteiger partial charge in [0.05, 0.1) is 5.75 Å². The monoisotopic (exact) mass is 553 g/mol. The van der Waals surface area contributed by atoms with Gasteiger partial charge in [0.2, 0.25) is 15.9 Å². The molecule has 1 amide bonds. The van der Waals surface area contributed by atoms with Gasteiger partial charge in [0, 0.05) is 61.7 Å². The number of nitrogens with one attached hydrogen (secondary N) is 1. The smallest absolute Gasteiger partial charge is 0.251 e. The van der Waals surface area contributed by atoms with E-state index in [1.54, 1.807) is 12.1 Å². The number of carbonyl (C=O) groups excluding carboxylic acids is 1. The van der Waals surface area contributed by atoms with Crippen LogP contribution < -0.4 is 5.32 Å². The van der Waals surface area contributed by atoms with Crippen LogP contribution in [0.25, 0.3) is 0 Å². The minimum Gasteiger partial charge on any atom is -0.350 e. The Labute approximate surface area is 218 Å². The number of amides is 1. The number of piperazine rings is 1. The number of alkyl halides is 2. The highest BCUT2D eigenvalue weighted by Crippen LogP contribution is 2.43. The fourth-order valence-corrected chi connectivity index (χ4v) is 7.00. The third-order valence-electron chi connectivity index (χ3n) is 7.53. The van der Waals surface area contributed by atoms with Gasteiger partial charge in [-0.25, -0.2) is 17.2 Å². The van der Waals surface area contributed by atoms with Crippen molar-refractivity contribution in [2.45, 2.75) is 69.2 Å². The van der Waals surface area contributed by atoms with Gasteiger partial charge in [-0.05, 0) is 61.8 Å². The molecular weight excluding hydrogens is 519 g/mol. The third-order valence-corrected chi connectivity index (χ3v) is 9.84. The van der Waals surface area contributed by atoms with Crippen molar-refractivity contribution < 1.29 is 22.0 Å². The summed E-state index contributed by atoms with van der Waals surface area (Å²) in [7, 11) is -3.29. The van der Waals surface area contributed by atoms with E-state index >= 15 is 0 Å². The van der Waals surface area contributed by atoms with Crippen LogP contribution in [-0.4, -0.2) is 73.5 Å². The predicted octanol–water partition coefficient (Wildman–Crippen LogP) is 4.67. The van der Waals surface area contributed by atoms with E-state index in [0.717, 1.165) is 18.4 Å². The summed E-state index contributed by atoms with van der Waals surface area (Å²) in [5, 5.41) is 3.64. The number of nitrogens with zero attached hydrogens (tertiary/aromatic N) is 2. The number of benzene rings is 1. The first kappa shape index (κ1) is 28.6. The molecular formula is C24H35Cl2F2N3O3S. The van der Waals surface area contributed by atoms with E-state index in [1.165, 1.54) is 4.31 Å². The fraction of sp³-hybridized carbons (Fsp3) is 0.708. The standard InChI is InChI=1S/C24H34ClF2N3O3S.ClH/c1-2-15-34(32,33)30-13-11-29(12-14-30)23(7-9-24(26,27)10-8-23)17-28-22(31)20-6-5-19(25)16-21(20)18-3-4-18;/h5-6,16,18H,2-4,7-15,17H2,1H3,(H,28,31);1H. The maximum absolute atomic E-state index is 14.1. The molecule has 1 aliphatic heterocycles. The summed E-state index contributed by atoms with van der Waals surface area (Å²) < 4.78 is 54.6. The lowest BCUT2D eigenvalue weighted by atomic mass is 9.78. The average molecular weight is 555 g/mol. The summed E-state index contributed by atoms with van der Waals surface area (Å²) in [5.41, 5.74) is 0.937. The minimum absolute atomic E-state index is 0. The lowest BCUT2D eigenvalue weighted by Gasteiger charge is -2.50. The number of carbonyl (C=O) groups is 1. The van der Waals surface area contributed by atoms with Crippen molar-refractivity contribution in [2.24, 2.45) is 0 Å². The first-order valence-electron chi connectivity index (χ1n) is 12.2. The molecule has 4 rings (SSSR count). The van der Waals surface area contributed by atoms with Gasteiger partial charge in [-0.2, -0.15) is 4.31 Å². The highest BCUT2D eigenvalue weighted by Gasteiger charge is 2.47. The molecule has 0 aromatic heterocycles. The van der Waals surface area contributed by atoms with E-state index in [-0.39, 0.29) is 56.3 Å². The highest BCUT2D eigenvalue weighted by atomic mass is 35.5. The van der Waals surface area contributed by atoms with Gasteiger partial charge >= 0.3 is 0 Å². The molecule has 11 heteroatoms. The van der Waals surface area contributed by atoms with Crippen LogP contribution in [0.15, 0.2) is 18.2 Å².